The fourth-order valence-corrected chi connectivity index (χ4v) is 3.62. The van der Waals surface area contributed by atoms with Crippen LogP contribution in [-0.2, 0) is 0 Å². The van der Waals surface area contributed by atoms with Crippen LogP contribution in [0.25, 0.3) is 27.8 Å². The first kappa shape index (κ1) is 18.9. The number of fused-ring (bicyclic) bond motifs is 2. The van der Waals surface area contributed by atoms with Crippen LogP contribution in [-0.4, -0.2) is 29.5 Å². The van der Waals surface area contributed by atoms with Gasteiger partial charge < -0.3 is 10.3 Å². The molecule has 0 spiro atoms. The van der Waals surface area contributed by atoms with Crippen molar-refractivity contribution in [1.29, 1.82) is 0 Å². The van der Waals surface area contributed by atoms with Crippen LogP contribution in [0.2, 0.25) is 0 Å². The van der Waals surface area contributed by atoms with Crippen molar-refractivity contribution >= 4 is 27.9 Å². The van der Waals surface area contributed by atoms with Gasteiger partial charge >= 0.3 is 0 Å². The van der Waals surface area contributed by atoms with Crippen LogP contribution in [0.3, 0.4) is 0 Å². The topological polar surface area (TPSA) is 101 Å². The number of H-pyrrole nitrogens is 1. The monoisotopic (exact) mass is 415 g/mol. The molecule has 0 aliphatic rings. The predicted molar refractivity (Wildman–Crippen MR) is 116 cm³/mol. The Labute approximate surface area is 175 Å². The van der Waals surface area contributed by atoms with Gasteiger partial charge in [0.05, 0.1) is 29.0 Å². The van der Waals surface area contributed by atoms with Gasteiger partial charge in [0.2, 0.25) is 0 Å². The highest BCUT2D eigenvalue weighted by Gasteiger charge is 2.22. The molecule has 0 fully saturated rings. The highest BCUT2D eigenvalue weighted by Crippen LogP contribution is 2.26. The summed E-state index contributed by atoms with van der Waals surface area (Å²) in [5.74, 6) is 0.553. The third-order valence-electron chi connectivity index (χ3n) is 5.12. The Kier molecular flexibility index (Phi) is 4.62. The second-order valence-corrected chi connectivity index (χ2v) is 7.03. The number of halogens is 1. The Morgan fingerprint density at radius 1 is 1.13 bits per heavy atom. The molecule has 154 valence electrons. The van der Waals surface area contributed by atoms with E-state index in [9.17, 15) is 9.18 Å². The molecule has 5 rings (SSSR count). The van der Waals surface area contributed by atoms with Gasteiger partial charge in [-0.3, -0.25) is 9.36 Å². The molecule has 0 saturated heterocycles. The molecular formula is C22H18FN7O. The number of benzene rings is 2. The number of rotatable bonds is 5. The SMILES string of the molecule is CCC(Nc1ncnc2[nH]cnc12)c1nc2ccc(F)cc2c(=O)n1-c1ccccc1. The molecular weight excluding hydrogens is 397 g/mol. The molecule has 5 aromatic rings. The summed E-state index contributed by atoms with van der Waals surface area (Å²) in [6, 6.07) is 12.9. The molecule has 2 N–H and O–H groups in total. The average molecular weight is 415 g/mol. The Bertz CT molecular complexity index is 1450. The van der Waals surface area contributed by atoms with Gasteiger partial charge in [0, 0.05) is 0 Å². The molecule has 3 heterocycles. The zero-order chi connectivity index (χ0) is 21.4. The maximum Gasteiger partial charge on any atom is 0.266 e. The van der Waals surface area contributed by atoms with Gasteiger partial charge in [0.25, 0.3) is 5.56 Å². The average Bonchev–Trinajstić information content (AvgIpc) is 3.28. The minimum absolute atomic E-state index is 0.221. The van der Waals surface area contributed by atoms with Crippen molar-refractivity contribution in [3.63, 3.8) is 0 Å². The Morgan fingerprint density at radius 2 is 1.97 bits per heavy atom. The van der Waals surface area contributed by atoms with E-state index in [-0.39, 0.29) is 17.0 Å². The molecule has 1 atom stereocenters. The number of aromatic amines is 1. The van der Waals surface area contributed by atoms with E-state index in [0.29, 0.717) is 40.4 Å². The Hall–Kier alpha value is -4.14. The Balaban J connectivity index is 1.72. The number of nitrogens with one attached hydrogen (secondary N) is 2. The fraction of sp³-hybridized carbons (Fsp3) is 0.136. The lowest BCUT2D eigenvalue weighted by Gasteiger charge is -2.22. The van der Waals surface area contributed by atoms with Gasteiger partial charge in [0.15, 0.2) is 11.5 Å². The van der Waals surface area contributed by atoms with Crippen molar-refractivity contribution in [1.82, 2.24) is 29.5 Å². The number of nitrogens with zero attached hydrogens (tertiary/aromatic N) is 5. The summed E-state index contributed by atoms with van der Waals surface area (Å²) >= 11 is 0. The maximum absolute atomic E-state index is 13.9. The third-order valence-corrected chi connectivity index (χ3v) is 5.12. The molecule has 3 aromatic heterocycles. The standard InChI is InChI=1S/C22H18FN7O/c1-2-16(28-20-18-19(25-11-24-18)26-12-27-20)21-29-17-9-8-13(23)10-15(17)22(31)30(21)14-6-4-3-5-7-14/h3-12,16H,2H2,1H3,(H2,24,25,26,27,28). The Morgan fingerprint density at radius 3 is 2.77 bits per heavy atom. The van der Waals surface area contributed by atoms with E-state index in [1.807, 2.05) is 37.3 Å². The number of anilines is 1. The molecule has 31 heavy (non-hydrogen) atoms. The lowest BCUT2D eigenvalue weighted by Crippen LogP contribution is -2.28. The molecule has 0 radical (unpaired) electrons. The minimum Gasteiger partial charge on any atom is -0.358 e. The molecule has 0 bridgehead atoms. The van der Waals surface area contributed by atoms with Gasteiger partial charge in [-0.1, -0.05) is 25.1 Å². The molecule has 0 aliphatic heterocycles. The van der Waals surface area contributed by atoms with Gasteiger partial charge in [-0.25, -0.2) is 24.3 Å². The van der Waals surface area contributed by atoms with Crippen molar-refractivity contribution < 1.29 is 4.39 Å². The van der Waals surface area contributed by atoms with E-state index in [2.05, 4.69) is 25.3 Å². The van der Waals surface area contributed by atoms with Gasteiger partial charge in [-0.15, -0.1) is 0 Å². The number of hydrogen-bond donors (Lipinski definition) is 2. The van der Waals surface area contributed by atoms with Crippen molar-refractivity contribution in [3.05, 3.63) is 83.2 Å². The van der Waals surface area contributed by atoms with Crippen molar-refractivity contribution in [2.45, 2.75) is 19.4 Å². The first-order chi connectivity index (χ1) is 15.2. The van der Waals surface area contributed by atoms with Crippen LogP contribution in [0.5, 0.6) is 0 Å². The van der Waals surface area contributed by atoms with E-state index >= 15 is 0 Å². The van der Waals surface area contributed by atoms with E-state index in [0.717, 1.165) is 0 Å². The van der Waals surface area contributed by atoms with Crippen LogP contribution in [0, 0.1) is 5.82 Å². The lowest BCUT2D eigenvalue weighted by atomic mass is 10.1. The maximum atomic E-state index is 13.9. The van der Waals surface area contributed by atoms with E-state index in [1.165, 1.54) is 29.1 Å². The molecule has 1 unspecified atom stereocenters. The molecule has 0 saturated carbocycles. The largest absolute Gasteiger partial charge is 0.358 e. The molecule has 8 nitrogen and oxygen atoms in total. The number of hydrogen-bond acceptors (Lipinski definition) is 6. The summed E-state index contributed by atoms with van der Waals surface area (Å²) in [4.78, 5) is 33.9. The van der Waals surface area contributed by atoms with Crippen molar-refractivity contribution in [2.24, 2.45) is 0 Å². The first-order valence-electron chi connectivity index (χ1n) is 9.84. The fourth-order valence-electron chi connectivity index (χ4n) is 3.62. The van der Waals surface area contributed by atoms with Gasteiger partial charge in [-0.05, 0) is 36.8 Å². The first-order valence-corrected chi connectivity index (χ1v) is 9.84. The molecule has 2 aromatic carbocycles. The summed E-state index contributed by atoms with van der Waals surface area (Å²) in [7, 11) is 0. The third kappa shape index (κ3) is 3.29. The summed E-state index contributed by atoms with van der Waals surface area (Å²) in [5.41, 5.74) is 1.95. The van der Waals surface area contributed by atoms with Gasteiger partial charge in [0.1, 0.15) is 23.5 Å². The molecule has 0 aliphatic carbocycles. The van der Waals surface area contributed by atoms with E-state index in [4.69, 9.17) is 4.98 Å². The number of aromatic nitrogens is 6. The molecule has 0 amide bonds. The highest BCUT2D eigenvalue weighted by molar-refractivity contribution is 5.82. The molecule has 9 heteroatoms. The van der Waals surface area contributed by atoms with Crippen LogP contribution in [0.15, 0.2) is 66.0 Å². The zero-order valence-corrected chi connectivity index (χ0v) is 16.6. The number of para-hydroxylation sites is 1. The number of imidazole rings is 1. The van der Waals surface area contributed by atoms with Crippen molar-refractivity contribution in [3.8, 4) is 5.69 Å². The quantitative estimate of drug-likeness (QED) is 0.453. The van der Waals surface area contributed by atoms with Crippen LogP contribution >= 0.6 is 0 Å². The summed E-state index contributed by atoms with van der Waals surface area (Å²) < 4.78 is 15.4. The van der Waals surface area contributed by atoms with Crippen LogP contribution < -0.4 is 10.9 Å². The highest BCUT2D eigenvalue weighted by atomic mass is 19.1. The normalized spacial score (nSPS) is 12.3. The second kappa shape index (κ2) is 7.60. The lowest BCUT2D eigenvalue weighted by molar-refractivity contribution is 0.628. The van der Waals surface area contributed by atoms with Crippen molar-refractivity contribution in [2.75, 3.05) is 5.32 Å². The predicted octanol–water partition coefficient (Wildman–Crippen LogP) is 3.75. The zero-order valence-electron chi connectivity index (χ0n) is 16.6. The smallest absolute Gasteiger partial charge is 0.266 e. The second-order valence-electron chi connectivity index (χ2n) is 7.03. The minimum atomic E-state index is -0.481. The van der Waals surface area contributed by atoms with E-state index < -0.39 is 5.82 Å². The summed E-state index contributed by atoms with van der Waals surface area (Å²) in [5, 5.41) is 3.58. The summed E-state index contributed by atoms with van der Waals surface area (Å²) in [6.45, 7) is 1.98. The van der Waals surface area contributed by atoms with Crippen LogP contribution in [0.1, 0.15) is 25.2 Å². The summed E-state index contributed by atoms with van der Waals surface area (Å²) in [6.07, 6.45) is 3.60. The van der Waals surface area contributed by atoms with Gasteiger partial charge in [-0.2, -0.15) is 0 Å². The van der Waals surface area contributed by atoms with E-state index in [1.54, 1.807) is 6.33 Å². The van der Waals surface area contributed by atoms with Crippen LogP contribution in [0.4, 0.5) is 10.2 Å².